The average Bonchev–Trinajstić information content (AvgIpc) is 3.41. The van der Waals surface area contributed by atoms with Gasteiger partial charge in [0.25, 0.3) is 0 Å². The van der Waals surface area contributed by atoms with Crippen LogP contribution in [0.4, 0.5) is 0 Å². The molecule has 4 nitrogen and oxygen atoms in total. The van der Waals surface area contributed by atoms with E-state index < -0.39 is 5.97 Å². The number of hydrogen-bond donors (Lipinski definition) is 1. The van der Waals surface area contributed by atoms with E-state index in [0.717, 1.165) is 42.8 Å². The Hall–Kier alpha value is -2.92. The Labute approximate surface area is 200 Å². The van der Waals surface area contributed by atoms with E-state index >= 15 is 0 Å². The molecular weight excluding hydrogens is 428 g/mol. The smallest absolute Gasteiger partial charge is 0.335 e. The Morgan fingerprint density at radius 2 is 2.00 bits per heavy atom. The zero-order valence-corrected chi connectivity index (χ0v) is 20.3. The van der Waals surface area contributed by atoms with Crippen molar-refractivity contribution in [2.45, 2.75) is 65.3 Å². The number of aromatic nitrogens is 2. The van der Waals surface area contributed by atoms with E-state index in [2.05, 4.69) is 42.0 Å². The van der Waals surface area contributed by atoms with Crippen molar-refractivity contribution in [1.82, 2.24) is 9.55 Å². The fourth-order valence-electron chi connectivity index (χ4n) is 4.22. The topological polar surface area (TPSA) is 55.1 Å². The molecule has 0 radical (unpaired) electrons. The lowest BCUT2D eigenvalue weighted by Crippen LogP contribution is -2.09. The van der Waals surface area contributed by atoms with Crippen molar-refractivity contribution in [2.75, 3.05) is 0 Å². The Morgan fingerprint density at radius 1 is 1.21 bits per heavy atom. The number of aryl methyl sites for hydroxylation is 1. The van der Waals surface area contributed by atoms with Crippen LogP contribution < -0.4 is 0 Å². The molecule has 1 aliphatic rings. The van der Waals surface area contributed by atoms with Gasteiger partial charge >= 0.3 is 5.97 Å². The van der Waals surface area contributed by atoms with Gasteiger partial charge in [0.1, 0.15) is 5.82 Å². The standard InChI is InChI=1S/C28H32N2O2S/c1-3-4-10-27-29-18-25(30(27)19-21-11-13-23(14-12-21)28(31)32)16-24(17-26-9-6-15-33-26)20(2)22-7-5-8-22/h6,9,11-16,18H,3-5,7-8,10,17,19H2,1-2H3,(H,31,32)/b24-16+. The molecule has 4 rings (SSSR count). The number of carboxylic acids is 1. The van der Waals surface area contributed by atoms with Crippen molar-refractivity contribution in [1.29, 1.82) is 0 Å². The summed E-state index contributed by atoms with van der Waals surface area (Å²) in [5.41, 5.74) is 6.91. The van der Waals surface area contributed by atoms with E-state index in [9.17, 15) is 9.90 Å². The number of benzene rings is 1. The van der Waals surface area contributed by atoms with Crippen LogP contribution in [0.25, 0.3) is 6.08 Å². The molecule has 1 saturated carbocycles. The number of allylic oxidation sites excluding steroid dienone is 3. The molecule has 0 aliphatic heterocycles. The highest BCUT2D eigenvalue weighted by Gasteiger charge is 2.17. The first-order valence-corrected chi connectivity index (χ1v) is 12.7. The van der Waals surface area contributed by atoms with E-state index in [1.165, 1.54) is 35.3 Å². The number of rotatable bonds is 10. The van der Waals surface area contributed by atoms with Gasteiger partial charge in [-0.3, -0.25) is 0 Å². The van der Waals surface area contributed by atoms with Crippen LogP contribution in [0.5, 0.6) is 0 Å². The third-order valence-corrected chi connectivity index (χ3v) is 7.38. The second kappa shape index (κ2) is 10.8. The molecule has 1 fully saturated rings. The summed E-state index contributed by atoms with van der Waals surface area (Å²) >= 11 is 1.81. The SMILES string of the molecule is CCCCc1ncc(/C=C(\Cc2cccs2)C(C)=C2CCC2)n1Cc1ccc(C(=O)O)cc1. The number of nitrogens with zero attached hydrogens (tertiary/aromatic N) is 2. The van der Waals surface area contributed by atoms with Crippen LogP contribution in [0, 0.1) is 0 Å². The molecule has 33 heavy (non-hydrogen) atoms. The monoisotopic (exact) mass is 460 g/mol. The summed E-state index contributed by atoms with van der Waals surface area (Å²) in [7, 11) is 0. The minimum Gasteiger partial charge on any atom is -0.478 e. The summed E-state index contributed by atoms with van der Waals surface area (Å²) < 4.78 is 2.30. The van der Waals surface area contributed by atoms with E-state index in [-0.39, 0.29) is 0 Å². The van der Waals surface area contributed by atoms with Gasteiger partial charge in [-0.25, -0.2) is 9.78 Å². The minimum absolute atomic E-state index is 0.316. The summed E-state index contributed by atoms with van der Waals surface area (Å²) in [6, 6.07) is 11.5. The molecule has 0 atom stereocenters. The van der Waals surface area contributed by atoms with E-state index in [0.29, 0.717) is 12.1 Å². The van der Waals surface area contributed by atoms with Crippen molar-refractivity contribution in [3.8, 4) is 0 Å². The average molecular weight is 461 g/mol. The zero-order valence-electron chi connectivity index (χ0n) is 19.5. The maximum absolute atomic E-state index is 11.2. The van der Waals surface area contributed by atoms with Crippen molar-refractivity contribution in [3.63, 3.8) is 0 Å². The van der Waals surface area contributed by atoms with Crippen LogP contribution >= 0.6 is 11.3 Å². The molecule has 3 aromatic rings. The molecule has 0 unspecified atom stereocenters. The molecular formula is C28H32N2O2S. The molecule has 5 heteroatoms. The lowest BCUT2D eigenvalue weighted by Gasteiger charge is -2.22. The van der Waals surface area contributed by atoms with Crippen LogP contribution in [0.1, 0.15) is 78.3 Å². The minimum atomic E-state index is -0.894. The fraction of sp³-hybridized carbons (Fsp3) is 0.357. The van der Waals surface area contributed by atoms with Crippen LogP contribution in [0.3, 0.4) is 0 Å². The summed E-state index contributed by atoms with van der Waals surface area (Å²) in [6.45, 7) is 5.16. The van der Waals surface area contributed by atoms with Gasteiger partial charge in [0.05, 0.1) is 17.5 Å². The molecule has 2 aromatic heterocycles. The largest absolute Gasteiger partial charge is 0.478 e. The molecule has 0 amide bonds. The number of aromatic carboxylic acids is 1. The molecule has 1 N–H and O–H groups in total. The third-order valence-electron chi connectivity index (χ3n) is 6.50. The van der Waals surface area contributed by atoms with Crippen LogP contribution in [0.15, 0.2) is 64.7 Å². The number of carboxylic acid groups (broad SMARTS) is 1. The lowest BCUT2D eigenvalue weighted by molar-refractivity contribution is 0.0697. The van der Waals surface area contributed by atoms with Gasteiger partial charge in [0, 0.05) is 24.3 Å². The van der Waals surface area contributed by atoms with Gasteiger partial charge in [-0.1, -0.05) is 37.1 Å². The summed E-state index contributed by atoms with van der Waals surface area (Å²) in [5, 5.41) is 11.4. The summed E-state index contributed by atoms with van der Waals surface area (Å²) in [5.74, 6) is 0.198. The number of hydrogen-bond acceptors (Lipinski definition) is 3. The molecule has 0 spiro atoms. The second-order valence-electron chi connectivity index (χ2n) is 8.80. The maximum Gasteiger partial charge on any atom is 0.335 e. The number of carbonyl (C=O) groups is 1. The van der Waals surface area contributed by atoms with Crippen LogP contribution in [0.2, 0.25) is 0 Å². The van der Waals surface area contributed by atoms with Gasteiger partial charge in [0.15, 0.2) is 0 Å². The van der Waals surface area contributed by atoms with Crippen LogP contribution in [-0.2, 0) is 19.4 Å². The van der Waals surface area contributed by atoms with E-state index in [1.807, 2.05) is 29.7 Å². The van der Waals surface area contributed by atoms with Gasteiger partial charge in [0.2, 0.25) is 0 Å². The third kappa shape index (κ3) is 5.72. The molecule has 172 valence electrons. The van der Waals surface area contributed by atoms with Gasteiger partial charge in [-0.15, -0.1) is 11.3 Å². The second-order valence-corrected chi connectivity index (χ2v) is 9.83. The normalized spacial score (nSPS) is 13.8. The molecule has 0 bridgehead atoms. The lowest BCUT2D eigenvalue weighted by atomic mass is 9.84. The highest BCUT2D eigenvalue weighted by Crippen LogP contribution is 2.34. The first-order chi connectivity index (χ1) is 16.0. The van der Waals surface area contributed by atoms with Gasteiger partial charge in [-0.05, 0) is 79.0 Å². The zero-order chi connectivity index (χ0) is 23.2. The Kier molecular flexibility index (Phi) is 7.61. The molecule has 0 saturated heterocycles. The summed E-state index contributed by atoms with van der Waals surface area (Å²) in [4.78, 5) is 17.4. The molecule has 2 heterocycles. The summed E-state index contributed by atoms with van der Waals surface area (Å²) in [6.07, 6.45) is 12.2. The quantitative estimate of drug-likeness (QED) is 0.349. The Balaban J connectivity index is 1.70. The first-order valence-electron chi connectivity index (χ1n) is 11.8. The van der Waals surface area contributed by atoms with Crippen molar-refractivity contribution in [2.24, 2.45) is 0 Å². The van der Waals surface area contributed by atoms with Crippen molar-refractivity contribution in [3.05, 3.63) is 92.2 Å². The molecule has 1 aliphatic carbocycles. The predicted molar refractivity (Wildman–Crippen MR) is 136 cm³/mol. The number of unbranched alkanes of at least 4 members (excludes halogenated alkanes) is 1. The fourth-order valence-corrected chi connectivity index (χ4v) is 4.95. The first kappa shape index (κ1) is 23.2. The van der Waals surface area contributed by atoms with E-state index in [4.69, 9.17) is 4.98 Å². The number of imidazole rings is 1. The Bertz CT molecular complexity index is 1150. The van der Waals surface area contributed by atoms with Gasteiger partial charge in [-0.2, -0.15) is 0 Å². The van der Waals surface area contributed by atoms with Crippen molar-refractivity contribution < 1.29 is 9.90 Å². The van der Waals surface area contributed by atoms with E-state index in [1.54, 1.807) is 17.7 Å². The van der Waals surface area contributed by atoms with Crippen molar-refractivity contribution >= 4 is 23.4 Å². The predicted octanol–water partition coefficient (Wildman–Crippen LogP) is 7.16. The highest BCUT2D eigenvalue weighted by molar-refractivity contribution is 7.09. The van der Waals surface area contributed by atoms with Crippen LogP contribution in [-0.4, -0.2) is 20.6 Å². The molecule has 1 aromatic carbocycles. The highest BCUT2D eigenvalue weighted by atomic mass is 32.1. The Morgan fingerprint density at radius 3 is 2.61 bits per heavy atom. The number of thiophene rings is 1. The maximum atomic E-state index is 11.2. The van der Waals surface area contributed by atoms with Gasteiger partial charge < -0.3 is 9.67 Å².